The number of hydrogen-bond acceptors (Lipinski definition) is 3. The van der Waals surface area contributed by atoms with Crippen LogP contribution in [0.25, 0.3) is 0 Å². The molecule has 0 saturated carbocycles. The van der Waals surface area contributed by atoms with Gasteiger partial charge in [0.25, 0.3) is 5.91 Å². The van der Waals surface area contributed by atoms with E-state index >= 15 is 0 Å². The van der Waals surface area contributed by atoms with Gasteiger partial charge in [-0.05, 0) is 42.8 Å². The maximum Gasteiger partial charge on any atom is 0.265 e. The molecule has 3 aromatic rings. The normalized spacial score (nSPS) is 11.9. The van der Waals surface area contributed by atoms with Crippen LogP contribution in [0.5, 0.6) is 5.75 Å². The van der Waals surface area contributed by atoms with Crippen LogP contribution in [0.4, 0.5) is 5.69 Å². The quantitative estimate of drug-likeness (QED) is 0.584. The Morgan fingerprint density at radius 3 is 2.74 bits per heavy atom. The Bertz CT molecular complexity index is 959. The monoisotopic (exact) mass is 423 g/mol. The average Bonchev–Trinajstić information content (AvgIpc) is 3.05. The van der Waals surface area contributed by atoms with Crippen LogP contribution in [0, 0.1) is 0 Å². The molecule has 0 radical (unpaired) electrons. The van der Waals surface area contributed by atoms with Gasteiger partial charge in [-0.1, -0.05) is 46.9 Å². The van der Waals surface area contributed by atoms with E-state index in [4.69, 9.17) is 39.5 Å². The number of aromatic nitrogens is 2. The van der Waals surface area contributed by atoms with Gasteiger partial charge in [-0.2, -0.15) is 5.10 Å². The molecule has 0 saturated heterocycles. The van der Waals surface area contributed by atoms with Crippen LogP contribution < -0.4 is 10.1 Å². The highest BCUT2D eigenvalue weighted by Gasteiger charge is 2.16. The number of amides is 1. The van der Waals surface area contributed by atoms with Crippen molar-refractivity contribution in [2.45, 2.75) is 19.6 Å². The topological polar surface area (TPSA) is 56.1 Å². The standard InChI is InChI=1S/C19H16Cl3N3O2/c1-12(27-16-4-2-3-14(20)8-16)19(26)24-15-9-23-25(11-15)10-13-5-6-17(21)18(22)7-13/h2-9,11-12H,10H2,1H3,(H,24,26)/t12-/m0/s1. The fourth-order valence-electron chi connectivity index (χ4n) is 2.38. The van der Waals surface area contributed by atoms with E-state index in [0.717, 1.165) is 5.56 Å². The van der Waals surface area contributed by atoms with Crippen molar-refractivity contribution in [2.24, 2.45) is 0 Å². The number of ether oxygens (including phenoxy) is 1. The molecule has 1 heterocycles. The summed E-state index contributed by atoms with van der Waals surface area (Å²) < 4.78 is 7.30. The van der Waals surface area contributed by atoms with Gasteiger partial charge < -0.3 is 10.1 Å². The Hall–Kier alpha value is -2.21. The van der Waals surface area contributed by atoms with Gasteiger partial charge in [0.2, 0.25) is 0 Å². The summed E-state index contributed by atoms with van der Waals surface area (Å²) in [6.45, 7) is 2.16. The highest BCUT2D eigenvalue weighted by molar-refractivity contribution is 6.42. The van der Waals surface area contributed by atoms with Gasteiger partial charge >= 0.3 is 0 Å². The number of anilines is 1. The highest BCUT2D eigenvalue weighted by atomic mass is 35.5. The van der Waals surface area contributed by atoms with Crippen molar-refractivity contribution in [1.82, 2.24) is 9.78 Å². The Balaban J connectivity index is 1.59. The number of benzene rings is 2. The lowest BCUT2D eigenvalue weighted by Crippen LogP contribution is -2.30. The van der Waals surface area contributed by atoms with E-state index in [-0.39, 0.29) is 5.91 Å². The molecule has 0 fully saturated rings. The smallest absolute Gasteiger partial charge is 0.265 e. The van der Waals surface area contributed by atoms with Crippen LogP contribution in [-0.4, -0.2) is 21.8 Å². The van der Waals surface area contributed by atoms with Crippen LogP contribution in [0.3, 0.4) is 0 Å². The Labute approximate surface area is 171 Å². The lowest BCUT2D eigenvalue weighted by Gasteiger charge is -2.14. The number of carbonyl (C=O) groups is 1. The molecular weight excluding hydrogens is 409 g/mol. The molecule has 1 aromatic heterocycles. The number of carbonyl (C=O) groups excluding carboxylic acids is 1. The van der Waals surface area contributed by atoms with Crippen LogP contribution in [0.15, 0.2) is 54.9 Å². The molecule has 0 bridgehead atoms. The molecule has 1 amide bonds. The molecule has 0 spiro atoms. The molecule has 1 N–H and O–H groups in total. The van der Waals surface area contributed by atoms with Crippen molar-refractivity contribution in [2.75, 3.05) is 5.32 Å². The third-order valence-corrected chi connectivity index (χ3v) is 4.68. The van der Waals surface area contributed by atoms with Gasteiger partial charge in [-0.3, -0.25) is 9.48 Å². The average molecular weight is 425 g/mol. The third-order valence-electron chi connectivity index (χ3n) is 3.71. The fraction of sp³-hybridized carbons (Fsp3) is 0.158. The summed E-state index contributed by atoms with van der Waals surface area (Å²) in [4.78, 5) is 12.3. The molecule has 3 rings (SSSR count). The van der Waals surface area contributed by atoms with Crippen LogP contribution in [-0.2, 0) is 11.3 Å². The van der Waals surface area contributed by atoms with Crippen molar-refractivity contribution in [3.05, 3.63) is 75.5 Å². The highest BCUT2D eigenvalue weighted by Crippen LogP contribution is 2.23. The summed E-state index contributed by atoms with van der Waals surface area (Å²) in [5.41, 5.74) is 1.52. The summed E-state index contributed by atoms with van der Waals surface area (Å²) in [5, 5.41) is 8.55. The molecule has 0 aliphatic carbocycles. The second-order valence-electron chi connectivity index (χ2n) is 5.88. The summed E-state index contributed by atoms with van der Waals surface area (Å²) in [6.07, 6.45) is 2.61. The van der Waals surface area contributed by atoms with Crippen molar-refractivity contribution < 1.29 is 9.53 Å². The van der Waals surface area contributed by atoms with Gasteiger partial charge in [0.15, 0.2) is 6.10 Å². The molecule has 0 aliphatic heterocycles. The number of rotatable bonds is 6. The van der Waals surface area contributed by atoms with Crippen LogP contribution >= 0.6 is 34.8 Å². The first kappa shape index (κ1) is 19.5. The molecule has 140 valence electrons. The van der Waals surface area contributed by atoms with Crippen molar-refractivity contribution in [3.8, 4) is 5.75 Å². The first-order valence-electron chi connectivity index (χ1n) is 8.10. The fourth-order valence-corrected chi connectivity index (χ4v) is 2.88. The minimum absolute atomic E-state index is 0.288. The van der Waals surface area contributed by atoms with Crippen molar-refractivity contribution in [3.63, 3.8) is 0 Å². The minimum Gasteiger partial charge on any atom is -0.481 e. The van der Waals surface area contributed by atoms with Crippen molar-refractivity contribution >= 4 is 46.4 Å². The molecule has 2 aromatic carbocycles. The zero-order chi connectivity index (χ0) is 19.4. The first-order valence-corrected chi connectivity index (χ1v) is 9.23. The van der Waals surface area contributed by atoms with Gasteiger partial charge in [-0.15, -0.1) is 0 Å². The van der Waals surface area contributed by atoms with Gasteiger partial charge in [0.05, 0.1) is 28.5 Å². The zero-order valence-corrected chi connectivity index (χ0v) is 16.6. The second-order valence-corrected chi connectivity index (χ2v) is 7.13. The van der Waals surface area contributed by atoms with E-state index in [1.165, 1.54) is 0 Å². The zero-order valence-electron chi connectivity index (χ0n) is 14.3. The van der Waals surface area contributed by atoms with Gasteiger partial charge in [0.1, 0.15) is 5.75 Å². The third kappa shape index (κ3) is 5.39. The predicted molar refractivity (Wildman–Crippen MR) is 108 cm³/mol. The van der Waals surface area contributed by atoms with Crippen LogP contribution in [0.1, 0.15) is 12.5 Å². The lowest BCUT2D eigenvalue weighted by atomic mass is 10.2. The van der Waals surface area contributed by atoms with E-state index in [2.05, 4.69) is 10.4 Å². The largest absolute Gasteiger partial charge is 0.481 e. The first-order chi connectivity index (χ1) is 12.9. The van der Waals surface area contributed by atoms with Crippen molar-refractivity contribution in [1.29, 1.82) is 0 Å². The van der Waals surface area contributed by atoms with Gasteiger partial charge in [-0.25, -0.2) is 0 Å². The summed E-state index contributed by atoms with van der Waals surface area (Å²) in [5.74, 6) is 0.240. The predicted octanol–water partition coefficient (Wildman–Crippen LogP) is 5.30. The molecular formula is C19H16Cl3N3O2. The van der Waals surface area contributed by atoms with E-state index in [9.17, 15) is 4.79 Å². The van der Waals surface area contributed by atoms with E-state index in [0.29, 0.717) is 33.0 Å². The molecule has 0 unspecified atom stereocenters. The Morgan fingerprint density at radius 2 is 2.00 bits per heavy atom. The number of nitrogens with one attached hydrogen (secondary N) is 1. The summed E-state index contributed by atoms with van der Waals surface area (Å²) in [7, 11) is 0. The summed E-state index contributed by atoms with van der Waals surface area (Å²) >= 11 is 17.9. The maximum atomic E-state index is 12.3. The van der Waals surface area contributed by atoms with E-state index in [1.54, 1.807) is 60.4 Å². The Morgan fingerprint density at radius 1 is 1.19 bits per heavy atom. The Kier molecular flexibility index (Phi) is 6.26. The number of hydrogen-bond donors (Lipinski definition) is 1. The van der Waals surface area contributed by atoms with E-state index < -0.39 is 6.10 Å². The SMILES string of the molecule is C[C@H](Oc1cccc(Cl)c1)C(=O)Nc1cnn(Cc2ccc(Cl)c(Cl)c2)c1. The minimum atomic E-state index is -0.693. The van der Waals surface area contributed by atoms with E-state index in [1.807, 2.05) is 6.07 Å². The summed E-state index contributed by atoms with van der Waals surface area (Å²) in [6, 6.07) is 12.3. The number of halogens is 3. The molecule has 5 nitrogen and oxygen atoms in total. The lowest BCUT2D eigenvalue weighted by molar-refractivity contribution is -0.122. The molecule has 27 heavy (non-hydrogen) atoms. The molecule has 0 aliphatic rings. The number of nitrogens with zero attached hydrogens (tertiary/aromatic N) is 2. The maximum absolute atomic E-state index is 12.3. The molecule has 1 atom stereocenters. The van der Waals surface area contributed by atoms with Crippen LogP contribution in [0.2, 0.25) is 15.1 Å². The van der Waals surface area contributed by atoms with Gasteiger partial charge in [0, 0.05) is 11.2 Å². The second kappa shape index (κ2) is 8.65. The molecule has 8 heteroatoms.